The fourth-order valence-electron chi connectivity index (χ4n) is 3.49. The first-order valence-corrected chi connectivity index (χ1v) is 9.42. The van der Waals surface area contributed by atoms with Crippen LogP contribution in [0, 0.1) is 11.7 Å². The van der Waals surface area contributed by atoms with Crippen LogP contribution in [0.15, 0.2) is 48.3 Å². The molecule has 0 amide bonds. The van der Waals surface area contributed by atoms with Gasteiger partial charge in [-0.1, -0.05) is 62.1 Å². The van der Waals surface area contributed by atoms with Crippen molar-refractivity contribution >= 4 is 17.3 Å². The van der Waals surface area contributed by atoms with Crippen molar-refractivity contribution in [3.8, 4) is 0 Å². The van der Waals surface area contributed by atoms with Crippen molar-refractivity contribution in [2.24, 2.45) is 5.92 Å². The molecule has 0 atom stereocenters. The molecule has 136 valence electrons. The van der Waals surface area contributed by atoms with Crippen LogP contribution in [-0.4, -0.2) is 0 Å². The molecular formula is C22H29ClFN. The molecule has 0 unspecified atom stereocenters. The Kier molecular flexibility index (Phi) is 6.89. The lowest BCUT2D eigenvalue weighted by Gasteiger charge is -2.28. The quantitative estimate of drug-likeness (QED) is 0.456. The van der Waals surface area contributed by atoms with Crippen molar-refractivity contribution in [3.05, 3.63) is 64.7 Å². The summed E-state index contributed by atoms with van der Waals surface area (Å²) in [5.41, 5.74) is 4.28. The average Bonchev–Trinajstić information content (AvgIpc) is 3.02. The molecular weight excluding hydrogens is 333 g/mol. The van der Waals surface area contributed by atoms with Gasteiger partial charge in [-0.2, -0.15) is 0 Å². The molecule has 0 bridgehead atoms. The van der Waals surface area contributed by atoms with E-state index in [-0.39, 0.29) is 5.82 Å². The predicted octanol–water partition coefficient (Wildman–Crippen LogP) is 7.42. The van der Waals surface area contributed by atoms with Gasteiger partial charge in [-0.3, -0.25) is 0 Å². The molecule has 2 rings (SSSR count). The second-order valence-corrected chi connectivity index (χ2v) is 7.78. The highest BCUT2D eigenvalue weighted by atomic mass is 35.5. The molecule has 1 aliphatic carbocycles. The van der Waals surface area contributed by atoms with Gasteiger partial charge < -0.3 is 4.90 Å². The molecule has 1 aromatic carbocycles. The maximum atomic E-state index is 14.7. The van der Waals surface area contributed by atoms with E-state index in [0.717, 1.165) is 23.4 Å². The van der Waals surface area contributed by atoms with Gasteiger partial charge in [-0.15, -0.1) is 0 Å². The highest BCUT2D eigenvalue weighted by Crippen LogP contribution is 2.35. The zero-order valence-corrected chi connectivity index (χ0v) is 16.4. The molecule has 3 heteroatoms. The minimum absolute atomic E-state index is 0.332. The summed E-state index contributed by atoms with van der Waals surface area (Å²) in [4.78, 5) is 1.81. The van der Waals surface area contributed by atoms with E-state index in [0.29, 0.717) is 23.0 Å². The molecule has 0 heterocycles. The Balaban J connectivity index is 2.34. The predicted molar refractivity (Wildman–Crippen MR) is 108 cm³/mol. The van der Waals surface area contributed by atoms with E-state index in [1.807, 2.05) is 31.7 Å². The number of hydrogen-bond donors (Lipinski definition) is 0. The lowest BCUT2D eigenvalue weighted by Crippen LogP contribution is -2.20. The smallest absolute Gasteiger partial charge is 0.148 e. The van der Waals surface area contributed by atoms with E-state index >= 15 is 0 Å². The molecule has 0 saturated heterocycles. The van der Waals surface area contributed by atoms with E-state index in [9.17, 15) is 4.39 Å². The number of benzene rings is 1. The summed E-state index contributed by atoms with van der Waals surface area (Å²) in [6, 6.07) is 3.32. The van der Waals surface area contributed by atoms with Crippen LogP contribution < -0.4 is 4.90 Å². The standard InChI is InChI=1S/C22H29ClFN/c1-15(2)10-11-17(5)25(16(3)4)22-13-19(20(23)14-21(22)24)12-18-8-6-7-9-18/h10,13-14,18H,3,5-9,11-12H2,1-2,4H3. The Morgan fingerprint density at radius 1 is 1.24 bits per heavy atom. The fraction of sp³-hybridized carbons (Fsp3) is 0.455. The largest absolute Gasteiger partial charge is 0.316 e. The summed E-state index contributed by atoms with van der Waals surface area (Å²) in [5, 5.41) is 0.518. The molecule has 0 aromatic heterocycles. The number of halogens is 2. The number of anilines is 1. The second-order valence-electron chi connectivity index (χ2n) is 7.37. The number of rotatable bonds is 7. The first kappa shape index (κ1) is 19.8. The van der Waals surface area contributed by atoms with Crippen molar-refractivity contribution < 1.29 is 4.39 Å². The van der Waals surface area contributed by atoms with E-state index in [1.165, 1.54) is 37.3 Å². The van der Waals surface area contributed by atoms with Crippen LogP contribution in [0.3, 0.4) is 0 Å². The Morgan fingerprint density at radius 2 is 1.88 bits per heavy atom. The van der Waals surface area contributed by atoms with Gasteiger partial charge in [0.05, 0.1) is 5.69 Å². The molecule has 1 aromatic rings. The molecule has 0 N–H and O–H groups in total. The minimum Gasteiger partial charge on any atom is -0.316 e. The molecule has 1 fully saturated rings. The summed E-state index contributed by atoms with van der Waals surface area (Å²) in [6.07, 6.45) is 8.71. The van der Waals surface area contributed by atoms with Gasteiger partial charge in [0.25, 0.3) is 0 Å². The lowest BCUT2D eigenvalue weighted by atomic mass is 9.97. The highest BCUT2D eigenvalue weighted by molar-refractivity contribution is 6.31. The summed E-state index contributed by atoms with van der Waals surface area (Å²) >= 11 is 6.33. The Bertz CT molecular complexity index is 680. The molecule has 1 nitrogen and oxygen atoms in total. The molecule has 0 spiro atoms. The molecule has 0 radical (unpaired) electrons. The van der Waals surface area contributed by atoms with Crippen molar-refractivity contribution in [2.75, 3.05) is 4.90 Å². The first-order valence-electron chi connectivity index (χ1n) is 9.04. The normalized spacial score (nSPS) is 14.4. The van der Waals surface area contributed by atoms with Gasteiger partial charge in [-0.05, 0) is 50.8 Å². The summed E-state index contributed by atoms with van der Waals surface area (Å²) in [7, 11) is 0. The van der Waals surface area contributed by atoms with Gasteiger partial charge >= 0.3 is 0 Å². The maximum Gasteiger partial charge on any atom is 0.148 e. The lowest BCUT2D eigenvalue weighted by molar-refractivity contribution is 0.545. The topological polar surface area (TPSA) is 3.24 Å². The maximum absolute atomic E-state index is 14.7. The van der Waals surface area contributed by atoms with Crippen LogP contribution >= 0.6 is 11.6 Å². The van der Waals surface area contributed by atoms with E-state index in [2.05, 4.69) is 19.2 Å². The zero-order valence-electron chi connectivity index (χ0n) is 15.7. The first-order chi connectivity index (χ1) is 11.8. The van der Waals surface area contributed by atoms with Crippen molar-refractivity contribution in [1.82, 2.24) is 0 Å². The Hall–Kier alpha value is -1.54. The molecule has 1 aliphatic rings. The molecule has 25 heavy (non-hydrogen) atoms. The third-order valence-electron chi connectivity index (χ3n) is 4.78. The van der Waals surface area contributed by atoms with Crippen LogP contribution in [0.5, 0.6) is 0 Å². The van der Waals surface area contributed by atoms with Crippen molar-refractivity contribution in [3.63, 3.8) is 0 Å². The number of nitrogens with zero attached hydrogens (tertiary/aromatic N) is 1. The van der Waals surface area contributed by atoms with E-state index < -0.39 is 0 Å². The summed E-state index contributed by atoms with van der Waals surface area (Å²) < 4.78 is 14.7. The zero-order chi connectivity index (χ0) is 18.6. The van der Waals surface area contributed by atoms with E-state index in [4.69, 9.17) is 11.6 Å². The highest BCUT2D eigenvalue weighted by Gasteiger charge is 2.21. The monoisotopic (exact) mass is 361 g/mol. The van der Waals surface area contributed by atoms with Gasteiger partial charge in [0, 0.05) is 22.8 Å². The third-order valence-corrected chi connectivity index (χ3v) is 5.14. The molecule has 0 aliphatic heterocycles. The number of hydrogen-bond acceptors (Lipinski definition) is 1. The van der Waals surface area contributed by atoms with Crippen LogP contribution in [0.1, 0.15) is 58.4 Å². The summed E-state index contributed by atoms with van der Waals surface area (Å²) in [5.74, 6) is 0.324. The number of allylic oxidation sites excluding steroid dienone is 3. The van der Waals surface area contributed by atoms with Gasteiger partial charge in [0.2, 0.25) is 0 Å². The van der Waals surface area contributed by atoms with Crippen LogP contribution in [0.25, 0.3) is 0 Å². The van der Waals surface area contributed by atoms with Gasteiger partial charge in [-0.25, -0.2) is 4.39 Å². The molecule has 1 saturated carbocycles. The Morgan fingerprint density at radius 3 is 2.44 bits per heavy atom. The average molecular weight is 362 g/mol. The van der Waals surface area contributed by atoms with Crippen LogP contribution in [0.2, 0.25) is 5.02 Å². The van der Waals surface area contributed by atoms with E-state index in [1.54, 1.807) is 0 Å². The van der Waals surface area contributed by atoms with Crippen LogP contribution in [0.4, 0.5) is 10.1 Å². The fourth-order valence-corrected chi connectivity index (χ4v) is 3.72. The van der Waals surface area contributed by atoms with Crippen molar-refractivity contribution in [1.29, 1.82) is 0 Å². The summed E-state index contributed by atoms with van der Waals surface area (Å²) in [6.45, 7) is 14.1. The SMILES string of the molecule is C=C(C)N(C(=C)CC=C(C)C)c1cc(CC2CCCC2)c(Cl)cc1F. The Labute approximate surface area is 156 Å². The van der Waals surface area contributed by atoms with Gasteiger partial charge in [0.1, 0.15) is 5.82 Å². The third kappa shape index (κ3) is 5.22. The van der Waals surface area contributed by atoms with Crippen molar-refractivity contribution in [2.45, 2.75) is 59.3 Å². The van der Waals surface area contributed by atoms with Crippen LogP contribution in [-0.2, 0) is 6.42 Å². The van der Waals surface area contributed by atoms with Gasteiger partial charge in [0.15, 0.2) is 0 Å². The second kappa shape index (κ2) is 8.71. The minimum atomic E-state index is -0.332.